The Bertz CT molecular complexity index is 248. The predicted molar refractivity (Wildman–Crippen MR) is 55.9 cm³/mol. The first-order valence-electron chi connectivity index (χ1n) is 4.83. The molecule has 1 rings (SSSR count). The quantitative estimate of drug-likeness (QED) is 0.683. The predicted octanol–water partition coefficient (Wildman–Crippen LogP) is 3.86. The number of hydrogen-bond donors (Lipinski definition) is 0. The summed E-state index contributed by atoms with van der Waals surface area (Å²) < 4.78 is 37.8. The van der Waals surface area contributed by atoms with Crippen molar-refractivity contribution in [2.75, 3.05) is 20.0 Å². The molecule has 1 saturated carbocycles. The Labute approximate surface area is 93.5 Å². The first-order valence-corrected chi connectivity index (χ1v) is 5.21. The smallest absolute Gasteiger partial charge is 0.105 e. The van der Waals surface area contributed by atoms with Crippen LogP contribution < -0.4 is 0 Å². The lowest BCUT2D eigenvalue weighted by atomic mass is 9.91. The van der Waals surface area contributed by atoms with Gasteiger partial charge < -0.3 is 0 Å². The van der Waals surface area contributed by atoms with Crippen LogP contribution in [-0.2, 0) is 0 Å². The second kappa shape index (κ2) is 4.36. The van der Waals surface area contributed by atoms with Gasteiger partial charge in [0.1, 0.15) is 20.0 Å². The fourth-order valence-electron chi connectivity index (χ4n) is 1.31. The van der Waals surface area contributed by atoms with E-state index in [1.807, 2.05) is 20.3 Å². The van der Waals surface area contributed by atoms with Crippen molar-refractivity contribution in [3.05, 3.63) is 17.5 Å². The number of alkyl halides is 3. The highest BCUT2D eigenvalue weighted by atomic mass is 35.5. The summed E-state index contributed by atoms with van der Waals surface area (Å²) >= 11 is 5.79. The zero-order valence-corrected chi connectivity index (χ0v) is 9.62. The zero-order valence-electron chi connectivity index (χ0n) is 8.87. The molecule has 0 bridgehead atoms. The molecule has 1 unspecified atom stereocenters. The Morgan fingerprint density at radius 2 is 1.73 bits per heavy atom. The molecule has 0 aromatic heterocycles. The number of hydrogen-bond acceptors (Lipinski definition) is 0. The lowest BCUT2D eigenvalue weighted by Gasteiger charge is -2.23. The SMILES string of the molecule is CC1(C)[CH]C1/C=C(\Cl)C(CF)(CF)CF. The monoisotopic (exact) mass is 239 g/mol. The van der Waals surface area contributed by atoms with Crippen molar-refractivity contribution in [1.29, 1.82) is 0 Å². The van der Waals surface area contributed by atoms with Crippen LogP contribution in [0.3, 0.4) is 0 Å². The molecule has 1 aliphatic rings. The summed E-state index contributed by atoms with van der Waals surface area (Å²) in [5, 5.41) is -0.0400. The summed E-state index contributed by atoms with van der Waals surface area (Å²) in [7, 11) is 0. The van der Waals surface area contributed by atoms with E-state index in [4.69, 9.17) is 11.6 Å². The van der Waals surface area contributed by atoms with Crippen molar-refractivity contribution < 1.29 is 13.2 Å². The van der Waals surface area contributed by atoms with Gasteiger partial charge in [-0.2, -0.15) is 0 Å². The van der Waals surface area contributed by atoms with E-state index in [-0.39, 0.29) is 16.4 Å². The van der Waals surface area contributed by atoms with Crippen LogP contribution in [0.1, 0.15) is 13.8 Å². The first kappa shape index (κ1) is 12.9. The molecule has 1 atom stereocenters. The Morgan fingerprint density at radius 3 is 2.00 bits per heavy atom. The van der Waals surface area contributed by atoms with Gasteiger partial charge in [0.2, 0.25) is 0 Å². The van der Waals surface area contributed by atoms with Crippen LogP contribution in [-0.4, -0.2) is 20.0 Å². The maximum Gasteiger partial charge on any atom is 0.105 e. The van der Waals surface area contributed by atoms with Gasteiger partial charge in [-0.3, -0.25) is 0 Å². The van der Waals surface area contributed by atoms with Crippen molar-refractivity contribution in [2.45, 2.75) is 13.8 Å². The normalized spacial score (nSPS) is 25.5. The zero-order chi connectivity index (χ0) is 11.7. The largest absolute Gasteiger partial charge is 0.250 e. The van der Waals surface area contributed by atoms with Gasteiger partial charge in [0, 0.05) is 5.03 Å². The third-order valence-electron chi connectivity index (χ3n) is 2.96. The summed E-state index contributed by atoms with van der Waals surface area (Å²) in [5.41, 5.74) is -1.76. The van der Waals surface area contributed by atoms with Gasteiger partial charge in [-0.05, 0) is 17.8 Å². The minimum absolute atomic E-state index is 0.00875. The van der Waals surface area contributed by atoms with Crippen LogP contribution in [0, 0.1) is 23.2 Å². The van der Waals surface area contributed by atoms with Gasteiger partial charge in [0.25, 0.3) is 0 Å². The van der Waals surface area contributed by atoms with E-state index in [1.54, 1.807) is 6.08 Å². The molecule has 0 aromatic carbocycles. The molecule has 1 aliphatic carbocycles. The molecule has 0 heterocycles. The minimum atomic E-state index is -1.77. The highest BCUT2D eigenvalue weighted by Crippen LogP contribution is 2.53. The fourth-order valence-corrected chi connectivity index (χ4v) is 1.60. The summed E-state index contributed by atoms with van der Waals surface area (Å²) in [4.78, 5) is 0. The van der Waals surface area contributed by atoms with Crippen molar-refractivity contribution in [3.8, 4) is 0 Å². The minimum Gasteiger partial charge on any atom is -0.250 e. The van der Waals surface area contributed by atoms with Crippen molar-refractivity contribution in [1.82, 2.24) is 0 Å². The molecule has 15 heavy (non-hydrogen) atoms. The Balaban J connectivity index is 2.77. The van der Waals surface area contributed by atoms with E-state index in [0.717, 1.165) is 0 Å². The number of allylic oxidation sites excluding steroid dienone is 2. The number of halogens is 4. The third-order valence-corrected chi connectivity index (χ3v) is 3.49. The van der Waals surface area contributed by atoms with Crippen LogP contribution in [0.25, 0.3) is 0 Å². The molecule has 1 fully saturated rings. The van der Waals surface area contributed by atoms with Crippen LogP contribution in [0.15, 0.2) is 11.1 Å². The van der Waals surface area contributed by atoms with E-state index in [0.29, 0.717) is 0 Å². The standard InChI is InChI=1S/C11H15ClF3/c1-10(2)4-8(10)3-9(12)11(5-13,6-14)7-15/h3-4,8H,5-7H2,1-2H3/b9-3-. The molecule has 0 amide bonds. The molecule has 4 heteroatoms. The van der Waals surface area contributed by atoms with Gasteiger partial charge in [0.05, 0.1) is 5.41 Å². The van der Waals surface area contributed by atoms with E-state index in [9.17, 15) is 13.2 Å². The molecule has 87 valence electrons. The third kappa shape index (κ3) is 2.49. The highest BCUT2D eigenvalue weighted by Gasteiger charge is 2.46. The Kier molecular flexibility index (Phi) is 3.75. The van der Waals surface area contributed by atoms with Crippen molar-refractivity contribution in [3.63, 3.8) is 0 Å². The molecule has 0 spiro atoms. The maximum atomic E-state index is 12.6. The topological polar surface area (TPSA) is 0 Å². The van der Waals surface area contributed by atoms with Gasteiger partial charge in [0.15, 0.2) is 0 Å². The van der Waals surface area contributed by atoms with Crippen LogP contribution in [0.4, 0.5) is 13.2 Å². The highest BCUT2D eigenvalue weighted by molar-refractivity contribution is 6.30. The van der Waals surface area contributed by atoms with Gasteiger partial charge in [-0.25, -0.2) is 13.2 Å². The average molecular weight is 240 g/mol. The van der Waals surface area contributed by atoms with Gasteiger partial charge in [-0.1, -0.05) is 31.5 Å². The maximum absolute atomic E-state index is 12.6. The summed E-state index contributed by atoms with van der Waals surface area (Å²) in [5.74, 6) is 0.0917. The molecule has 1 radical (unpaired) electrons. The van der Waals surface area contributed by atoms with Crippen LogP contribution >= 0.6 is 11.6 Å². The van der Waals surface area contributed by atoms with Gasteiger partial charge >= 0.3 is 0 Å². The van der Waals surface area contributed by atoms with E-state index in [1.165, 1.54) is 0 Å². The van der Waals surface area contributed by atoms with Crippen molar-refractivity contribution >= 4 is 11.6 Å². The molecule has 0 nitrogen and oxygen atoms in total. The lowest BCUT2D eigenvalue weighted by molar-refractivity contribution is 0.158. The van der Waals surface area contributed by atoms with Crippen molar-refractivity contribution in [2.24, 2.45) is 16.7 Å². The van der Waals surface area contributed by atoms with Crippen LogP contribution in [0.5, 0.6) is 0 Å². The first-order chi connectivity index (χ1) is 6.91. The molecule has 0 aliphatic heterocycles. The fraction of sp³-hybridized carbons (Fsp3) is 0.727. The second-order valence-electron chi connectivity index (χ2n) is 4.71. The number of rotatable bonds is 5. The average Bonchev–Trinajstić information content (AvgIpc) is 2.77. The summed E-state index contributed by atoms with van der Waals surface area (Å²) in [6.45, 7) is 0.647. The van der Waals surface area contributed by atoms with E-state index in [2.05, 4.69) is 0 Å². The molecule has 0 N–H and O–H groups in total. The van der Waals surface area contributed by atoms with E-state index < -0.39 is 25.4 Å². The lowest BCUT2D eigenvalue weighted by Crippen LogP contribution is -2.29. The summed E-state index contributed by atoms with van der Waals surface area (Å²) in [6.07, 6.45) is 3.55. The second-order valence-corrected chi connectivity index (χ2v) is 5.12. The van der Waals surface area contributed by atoms with Gasteiger partial charge in [-0.15, -0.1) is 0 Å². The van der Waals surface area contributed by atoms with Crippen LogP contribution in [0.2, 0.25) is 0 Å². The Hall–Kier alpha value is -0.180. The molecular formula is C11H15ClF3. The summed E-state index contributed by atoms with van der Waals surface area (Å²) in [6, 6.07) is 0. The molecule has 0 aromatic rings. The molecular weight excluding hydrogens is 225 g/mol. The molecule has 0 saturated heterocycles. The van der Waals surface area contributed by atoms with E-state index >= 15 is 0 Å². The Morgan fingerprint density at radius 1 is 1.33 bits per heavy atom.